The predicted octanol–water partition coefficient (Wildman–Crippen LogP) is -0.524. The van der Waals surface area contributed by atoms with Gasteiger partial charge in [-0.3, -0.25) is 0 Å². The maximum absolute atomic E-state index is 9.55. The molecule has 0 aliphatic carbocycles. The number of aliphatic hydroxyl groups excluding tert-OH is 2. The van der Waals surface area contributed by atoms with Crippen LogP contribution in [0, 0.1) is 0 Å². The van der Waals surface area contributed by atoms with Gasteiger partial charge in [0.05, 0.1) is 25.4 Å². The number of carboxylic acids is 2. The molecule has 0 saturated heterocycles. The van der Waals surface area contributed by atoms with Crippen molar-refractivity contribution in [2.75, 3.05) is 13.2 Å². The molecular weight excluding hydrogens is 232 g/mol. The zero-order valence-corrected chi connectivity index (χ0v) is 9.74. The van der Waals surface area contributed by atoms with Crippen LogP contribution in [-0.4, -0.2) is 57.8 Å². The van der Waals surface area contributed by atoms with Crippen molar-refractivity contribution >= 4 is 11.9 Å². The van der Waals surface area contributed by atoms with Gasteiger partial charge in [0, 0.05) is 12.2 Å². The number of carboxylic acid groups (broad SMARTS) is 2. The lowest BCUT2D eigenvalue weighted by molar-refractivity contribution is -0.134. The van der Waals surface area contributed by atoms with Crippen molar-refractivity contribution in [1.82, 2.24) is 0 Å². The van der Waals surface area contributed by atoms with Crippen LogP contribution in [0.2, 0.25) is 0 Å². The highest BCUT2D eigenvalue weighted by atomic mass is 16.5. The number of hydrogen-bond donors (Lipinski definition) is 4. The molecule has 0 bridgehead atoms. The number of ether oxygens (including phenoxy) is 1. The van der Waals surface area contributed by atoms with Gasteiger partial charge in [-0.1, -0.05) is 0 Å². The van der Waals surface area contributed by atoms with Gasteiger partial charge in [-0.05, 0) is 13.8 Å². The van der Waals surface area contributed by atoms with Crippen LogP contribution in [0.3, 0.4) is 0 Å². The number of hydrogen-bond acceptors (Lipinski definition) is 5. The Balaban J connectivity index is 0. The third-order valence-electron chi connectivity index (χ3n) is 1.25. The molecule has 0 aliphatic rings. The summed E-state index contributed by atoms with van der Waals surface area (Å²) in [6.07, 6.45) is 0.503. The minimum atomic E-state index is -1.26. The van der Waals surface area contributed by atoms with Gasteiger partial charge in [0.1, 0.15) is 0 Å². The average Bonchev–Trinajstić information content (AvgIpc) is 2.23. The van der Waals surface area contributed by atoms with Gasteiger partial charge in [-0.2, -0.15) is 0 Å². The summed E-state index contributed by atoms with van der Waals surface area (Å²) in [7, 11) is 0. The highest BCUT2D eigenvalue weighted by Gasteiger charge is 2.00. The monoisotopic (exact) mass is 250 g/mol. The largest absolute Gasteiger partial charge is 0.478 e. The second kappa shape index (κ2) is 11.1. The van der Waals surface area contributed by atoms with Crippen LogP contribution in [0.15, 0.2) is 12.2 Å². The van der Waals surface area contributed by atoms with Gasteiger partial charge >= 0.3 is 11.9 Å². The molecule has 0 amide bonds. The van der Waals surface area contributed by atoms with Crippen molar-refractivity contribution in [2.24, 2.45) is 0 Å². The summed E-state index contributed by atoms with van der Waals surface area (Å²) >= 11 is 0. The Morgan fingerprint density at radius 2 is 1.59 bits per heavy atom. The maximum Gasteiger partial charge on any atom is 0.328 e. The lowest BCUT2D eigenvalue weighted by Crippen LogP contribution is -2.19. The van der Waals surface area contributed by atoms with E-state index in [4.69, 9.17) is 25.2 Å². The standard InChI is InChI=1S/C6H14O3.C4H4O4/c1-5(8)4-9-6(2)3-7;5-3(6)1-2-4(7)8/h5-8H,3-4H2,1-2H3;1-2H,(H,5,6)(H,7,8). The second-order valence-corrected chi connectivity index (χ2v) is 3.19. The van der Waals surface area contributed by atoms with E-state index in [2.05, 4.69) is 0 Å². The quantitative estimate of drug-likeness (QED) is 0.467. The fraction of sp³-hybridized carbons (Fsp3) is 0.600. The Morgan fingerprint density at radius 1 is 1.18 bits per heavy atom. The SMILES string of the molecule is CC(O)COC(C)CO.O=C(O)C=CC(=O)O. The van der Waals surface area contributed by atoms with Gasteiger partial charge < -0.3 is 25.2 Å². The van der Waals surface area contributed by atoms with Crippen LogP contribution >= 0.6 is 0 Å². The molecular formula is C10H18O7. The van der Waals surface area contributed by atoms with E-state index < -0.39 is 18.0 Å². The van der Waals surface area contributed by atoms with Crippen molar-refractivity contribution in [2.45, 2.75) is 26.1 Å². The fourth-order valence-electron chi connectivity index (χ4n) is 0.499. The number of rotatable bonds is 6. The third kappa shape index (κ3) is 20.6. The highest BCUT2D eigenvalue weighted by molar-refractivity contribution is 5.89. The molecule has 100 valence electrons. The molecule has 0 aromatic rings. The summed E-state index contributed by atoms with van der Waals surface area (Å²) in [6, 6.07) is 0. The fourth-order valence-corrected chi connectivity index (χ4v) is 0.499. The van der Waals surface area contributed by atoms with Crippen LogP contribution in [0.25, 0.3) is 0 Å². The zero-order valence-electron chi connectivity index (χ0n) is 9.74. The van der Waals surface area contributed by atoms with Crippen molar-refractivity contribution in [3.05, 3.63) is 12.2 Å². The van der Waals surface area contributed by atoms with Crippen LogP contribution in [0.1, 0.15) is 13.8 Å². The Bertz CT molecular complexity index is 231. The molecule has 2 atom stereocenters. The second-order valence-electron chi connectivity index (χ2n) is 3.19. The van der Waals surface area contributed by atoms with E-state index in [9.17, 15) is 9.59 Å². The molecule has 0 aromatic heterocycles. The first-order chi connectivity index (χ1) is 7.79. The van der Waals surface area contributed by atoms with E-state index in [0.29, 0.717) is 18.8 Å². The average molecular weight is 250 g/mol. The Labute approximate surface area is 99.0 Å². The van der Waals surface area contributed by atoms with Crippen LogP contribution < -0.4 is 0 Å². The molecule has 7 heteroatoms. The highest BCUT2D eigenvalue weighted by Crippen LogP contribution is 1.90. The maximum atomic E-state index is 9.55. The minimum absolute atomic E-state index is 0.00667. The molecule has 0 aliphatic heterocycles. The smallest absolute Gasteiger partial charge is 0.328 e. The molecule has 0 fully saturated rings. The first kappa shape index (κ1) is 17.9. The van der Waals surface area contributed by atoms with Gasteiger partial charge in [0.2, 0.25) is 0 Å². The molecule has 0 saturated carbocycles. The van der Waals surface area contributed by atoms with Crippen molar-refractivity contribution in [3.8, 4) is 0 Å². The summed E-state index contributed by atoms with van der Waals surface area (Å²) in [5.41, 5.74) is 0. The number of aliphatic hydroxyl groups is 2. The Morgan fingerprint density at radius 3 is 1.82 bits per heavy atom. The third-order valence-corrected chi connectivity index (χ3v) is 1.25. The molecule has 7 nitrogen and oxygen atoms in total. The Hall–Kier alpha value is -1.44. The summed E-state index contributed by atoms with van der Waals surface area (Å²) in [4.78, 5) is 19.1. The van der Waals surface area contributed by atoms with Gasteiger partial charge in [0.15, 0.2) is 0 Å². The van der Waals surface area contributed by atoms with Crippen molar-refractivity contribution < 1.29 is 34.8 Å². The molecule has 0 aromatic carbocycles. The Kier molecular flexibility index (Phi) is 11.7. The molecule has 0 rings (SSSR count). The lowest BCUT2D eigenvalue weighted by atomic mass is 10.4. The van der Waals surface area contributed by atoms with E-state index in [-0.39, 0.29) is 12.7 Å². The molecule has 0 radical (unpaired) electrons. The summed E-state index contributed by atoms with van der Waals surface area (Å²) in [6.45, 7) is 3.70. The predicted molar refractivity (Wildman–Crippen MR) is 58.6 cm³/mol. The summed E-state index contributed by atoms with van der Waals surface area (Å²) in [5, 5.41) is 32.8. The van der Waals surface area contributed by atoms with E-state index in [1.807, 2.05) is 0 Å². The molecule has 4 N–H and O–H groups in total. The van der Waals surface area contributed by atoms with Gasteiger partial charge in [-0.15, -0.1) is 0 Å². The van der Waals surface area contributed by atoms with E-state index in [1.165, 1.54) is 0 Å². The zero-order chi connectivity index (χ0) is 13.8. The van der Waals surface area contributed by atoms with Crippen LogP contribution in [-0.2, 0) is 14.3 Å². The first-order valence-corrected chi connectivity index (χ1v) is 4.84. The molecule has 2 unspecified atom stereocenters. The van der Waals surface area contributed by atoms with E-state index in [1.54, 1.807) is 13.8 Å². The topological polar surface area (TPSA) is 124 Å². The summed E-state index contributed by atoms with van der Waals surface area (Å²) in [5.74, 6) is -2.51. The number of carbonyl (C=O) groups is 2. The molecule has 17 heavy (non-hydrogen) atoms. The van der Waals surface area contributed by atoms with Crippen LogP contribution in [0.4, 0.5) is 0 Å². The number of aliphatic carboxylic acids is 2. The molecule has 0 heterocycles. The van der Waals surface area contributed by atoms with Gasteiger partial charge in [0.25, 0.3) is 0 Å². The van der Waals surface area contributed by atoms with Crippen LogP contribution in [0.5, 0.6) is 0 Å². The molecule has 0 spiro atoms. The van der Waals surface area contributed by atoms with Crippen molar-refractivity contribution in [1.29, 1.82) is 0 Å². The first-order valence-electron chi connectivity index (χ1n) is 4.84. The summed E-state index contributed by atoms with van der Waals surface area (Å²) < 4.78 is 4.95. The minimum Gasteiger partial charge on any atom is -0.478 e. The van der Waals surface area contributed by atoms with E-state index in [0.717, 1.165) is 0 Å². The van der Waals surface area contributed by atoms with E-state index >= 15 is 0 Å². The lowest BCUT2D eigenvalue weighted by Gasteiger charge is -2.10. The normalized spacial score (nSPS) is 13.6. The van der Waals surface area contributed by atoms with Gasteiger partial charge in [-0.25, -0.2) is 9.59 Å². The van der Waals surface area contributed by atoms with Crippen molar-refractivity contribution in [3.63, 3.8) is 0 Å².